The summed E-state index contributed by atoms with van der Waals surface area (Å²) in [5.74, 6) is -0.455. The molecule has 2 heterocycles. The number of anilines is 1. The van der Waals surface area contributed by atoms with Crippen molar-refractivity contribution in [2.24, 2.45) is 0 Å². The second kappa shape index (κ2) is 10.4. The van der Waals surface area contributed by atoms with E-state index in [1.54, 1.807) is 18.2 Å². The van der Waals surface area contributed by atoms with Gasteiger partial charge < -0.3 is 21.7 Å². The van der Waals surface area contributed by atoms with E-state index in [0.29, 0.717) is 23.4 Å². The molecule has 8 heteroatoms. The first-order valence-electron chi connectivity index (χ1n) is 11.5. The van der Waals surface area contributed by atoms with Crippen molar-refractivity contribution in [1.82, 2.24) is 25.9 Å². The van der Waals surface area contributed by atoms with Crippen LogP contribution in [0.1, 0.15) is 50.4 Å². The molecule has 1 saturated heterocycles. The number of aromatic nitrogens is 2. The number of aryl methyl sites for hydroxylation is 2. The van der Waals surface area contributed by atoms with Crippen molar-refractivity contribution in [3.05, 3.63) is 76.6 Å². The van der Waals surface area contributed by atoms with E-state index < -0.39 is 0 Å². The first kappa shape index (κ1) is 23.4. The topological polar surface area (TPSA) is 122 Å². The molecule has 1 atom stereocenters. The number of hydrogen-bond acceptors (Lipinski definition) is 6. The number of piperidine rings is 1. The van der Waals surface area contributed by atoms with Gasteiger partial charge in [0.1, 0.15) is 0 Å². The van der Waals surface area contributed by atoms with Gasteiger partial charge in [-0.05, 0) is 56.5 Å². The molecule has 0 saturated carbocycles. The van der Waals surface area contributed by atoms with Crippen molar-refractivity contribution < 1.29 is 9.59 Å². The lowest BCUT2D eigenvalue weighted by atomic mass is 10.1. The van der Waals surface area contributed by atoms with E-state index in [1.165, 1.54) is 11.8 Å². The van der Waals surface area contributed by atoms with Crippen molar-refractivity contribution in [1.29, 1.82) is 0 Å². The molecule has 176 valence electrons. The zero-order valence-electron chi connectivity index (χ0n) is 19.5. The highest BCUT2D eigenvalue weighted by molar-refractivity contribution is 5.97. The number of carbonyl (C=O) groups excluding carboxylic acids is 2. The summed E-state index contributed by atoms with van der Waals surface area (Å²) in [5, 5.41) is 9.22. The smallest absolute Gasteiger partial charge is 0.274 e. The van der Waals surface area contributed by atoms with Crippen LogP contribution in [0.15, 0.2) is 48.7 Å². The fraction of sp³-hybridized carbons (Fsp3) is 0.308. The van der Waals surface area contributed by atoms with Crippen LogP contribution in [-0.2, 0) is 6.54 Å². The molecule has 1 aromatic heterocycles. The molecule has 4 rings (SSSR count). The molecule has 1 aliphatic rings. The third kappa shape index (κ3) is 5.58. The average molecular weight is 459 g/mol. The van der Waals surface area contributed by atoms with Crippen LogP contribution in [-0.4, -0.2) is 40.9 Å². The number of nitrogens with zero attached hydrogens (tertiary/aromatic N) is 2. The van der Waals surface area contributed by atoms with E-state index in [-0.39, 0.29) is 29.4 Å². The summed E-state index contributed by atoms with van der Waals surface area (Å²) < 4.78 is 0. The van der Waals surface area contributed by atoms with Gasteiger partial charge >= 0.3 is 0 Å². The van der Waals surface area contributed by atoms with Crippen molar-refractivity contribution >= 4 is 17.6 Å². The zero-order valence-corrected chi connectivity index (χ0v) is 19.5. The maximum Gasteiger partial charge on any atom is 0.274 e. The molecule has 8 nitrogen and oxygen atoms in total. The second-order valence-corrected chi connectivity index (χ2v) is 8.70. The van der Waals surface area contributed by atoms with Gasteiger partial charge in [0.15, 0.2) is 11.5 Å². The first-order chi connectivity index (χ1) is 16.4. The van der Waals surface area contributed by atoms with E-state index in [0.717, 1.165) is 37.1 Å². The molecule has 1 unspecified atom stereocenters. The molecular weight excluding hydrogens is 428 g/mol. The van der Waals surface area contributed by atoms with Crippen LogP contribution >= 0.6 is 0 Å². The summed E-state index contributed by atoms with van der Waals surface area (Å²) in [5.41, 5.74) is 11.1. The molecule has 1 aliphatic heterocycles. The Balaban J connectivity index is 1.48. The monoisotopic (exact) mass is 458 g/mol. The third-order valence-corrected chi connectivity index (χ3v) is 6.01. The van der Waals surface area contributed by atoms with Gasteiger partial charge in [0.05, 0.1) is 11.9 Å². The van der Waals surface area contributed by atoms with Crippen molar-refractivity contribution in [3.63, 3.8) is 0 Å². The van der Waals surface area contributed by atoms with Gasteiger partial charge in [-0.25, -0.2) is 9.97 Å². The van der Waals surface area contributed by atoms with Gasteiger partial charge in [-0.3, -0.25) is 9.59 Å². The molecule has 34 heavy (non-hydrogen) atoms. The lowest BCUT2D eigenvalue weighted by Gasteiger charge is -2.23. The lowest BCUT2D eigenvalue weighted by molar-refractivity contribution is 0.0923. The summed E-state index contributed by atoms with van der Waals surface area (Å²) >= 11 is 0. The molecule has 5 N–H and O–H groups in total. The van der Waals surface area contributed by atoms with Crippen LogP contribution in [0.5, 0.6) is 0 Å². The quantitative estimate of drug-likeness (QED) is 0.451. The van der Waals surface area contributed by atoms with Crippen molar-refractivity contribution in [2.75, 3.05) is 18.8 Å². The van der Waals surface area contributed by atoms with Crippen LogP contribution in [0, 0.1) is 13.8 Å². The Morgan fingerprint density at radius 3 is 2.76 bits per heavy atom. The van der Waals surface area contributed by atoms with Gasteiger partial charge in [0.25, 0.3) is 11.8 Å². The number of benzene rings is 2. The molecule has 0 spiro atoms. The fourth-order valence-corrected chi connectivity index (χ4v) is 4.07. The Morgan fingerprint density at radius 2 is 2.00 bits per heavy atom. The number of amides is 2. The van der Waals surface area contributed by atoms with Crippen molar-refractivity contribution in [2.45, 2.75) is 39.3 Å². The lowest BCUT2D eigenvalue weighted by Crippen LogP contribution is -2.46. The zero-order chi connectivity index (χ0) is 24.1. The van der Waals surface area contributed by atoms with E-state index in [1.807, 2.05) is 32.0 Å². The molecule has 0 aliphatic carbocycles. The summed E-state index contributed by atoms with van der Waals surface area (Å²) in [6.07, 6.45) is 3.43. The Morgan fingerprint density at radius 1 is 1.15 bits per heavy atom. The predicted molar refractivity (Wildman–Crippen MR) is 132 cm³/mol. The molecule has 1 fully saturated rings. The highest BCUT2D eigenvalue weighted by atomic mass is 16.2. The summed E-state index contributed by atoms with van der Waals surface area (Å²) in [7, 11) is 0. The number of hydrogen-bond donors (Lipinski definition) is 4. The minimum atomic E-state index is -0.345. The maximum atomic E-state index is 12.8. The summed E-state index contributed by atoms with van der Waals surface area (Å²) in [6, 6.07) is 13.3. The summed E-state index contributed by atoms with van der Waals surface area (Å²) in [4.78, 5) is 34.2. The number of nitrogen functional groups attached to an aromatic ring is 1. The van der Waals surface area contributed by atoms with Crippen LogP contribution in [0.3, 0.4) is 0 Å². The molecule has 0 bridgehead atoms. The van der Waals surface area contributed by atoms with Gasteiger partial charge in [0, 0.05) is 30.3 Å². The van der Waals surface area contributed by atoms with Gasteiger partial charge in [-0.1, -0.05) is 35.9 Å². The average Bonchev–Trinajstić information content (AvgIpc) is 2.84. The minimum Gasteiger partial charge on any atom is -0.382 e. The Kier molecular flexibility index (Phi) is 7.18. The van der Waals surface area contributed by atoms with Gasteiger partial charge in [-0.2, -0.15) is 0 Å². The van der Waals surface area contributed by atoms with E-state index in [9.17, 15) is 9.59 Å². The molecule has 0 radical (unpaired) electrons. The highest BCUT2D eigenvalue weighted by Crippen LogP contribution is 2.20. The van der Waals surface area contributed by atoms with Gasteiger partial charge in [0.2, 0.25) is 0 Å². The molecular formula is C26H30N6O2. The Bertz CT molecular complexity index is 1200. The third-order valence-electron chi connectivity index (χ3n) is 6.01. The normalized spacial score (nSPS) is 15.5. The van der Waals surface area contributed by atoms with Crippen LogP contribution in [0.4, 0.5) is 5.82 Å². The number of rotatable bonds is 6. The Labute approximate surface area is 199 Å². The van der Waals surface area contributed by atoms with E-state index in [2.05, 4.69) is 32.0 Å². The van der Waals surface area contributed by atoms with E-state index in [4.69, 9.17) is 5.73 Å². The molecule has 2 aromatic carbocycles. The largest absolute Gasteiger partial charge is 0.382 e. The SMILES string of the molecule is Cc1ccc(CNC(=O)c2cccc(-c3cnc(N)c(C(=O)NC4CCCNC4)n3)c2)c(C)c1. The Hall–Kier alpha value is -3.78. The molecule has 2 amide bonds. The number of nitrogens with one attached hydrogen (secondary N) is 3. The van der Waals surface area contributed by atoms with Crippen LogP contribution in [0.2, 0.25) is 0 Å². The van der Waals surface area contributed by atoms with Crippen LogP contribution < -0.4 is 21.7 Å². The second-order valence-electron chi connectivity index (χ2n) is 8.70. The number of nitrogens with two attached hydrogens (primary N) is 1. The van der Waals surface area contributed by atoms with Crippen molar-refractivity contribution in [3.8, 4) is 11.3 Å². The fourth-order valence-electron chi connectivity index (χ4n) is 4.07. The standard InChI is InChI=1S/C26H30N6O2/c1-16-8-9-20(17(2)11-16)13-30-25(33)19-6-3-5-18(12-19)22-15-29-24(27)23(32-22)26(34)31-21-7-4-10-28-14-21/h3,5-6,8-9,11-12,15,21,28H,4,7,10,13-14H2,1-2H3,(H2,27,29)(H,30,33)(H,31,34). The number of carbonyl (C=O) groups is 2. The predicted octanol–water partition coefficient (Wildman–Crippen LogP) is 2.75. The first-order valence-corrected chi connectivity index (χ1v) is 11.5. The maximum absolute atomic E-state index is 12.8. The van der Waals surface area contributed by atoms with E-state index >= 15 is 0 Å². The summed E-state index contributed by atoms with van der Waals surface area (Å²) in [6.45, 7) is 6.20. The highest BCUT2D eigenvalue weighted by Gasteiger charge is 2.20. The van der Waals surface area contributed by atoms with Crippen LogP contribution in [0.25, 0.3) is 11.3 Å². The van der Waals surface area contributed by atoms with Gasteiger partial charge in [-0.15, -0.1) is 0 Å². The minimum absolute atomic E-state index is 0.0373. The molecule has 3 aromatic rings.